The first-order valence-electron chi connectivity index (χ1n) is 3.57. The molecule has 3 saturated carbocycles. The zero-order valence-corrected chi connectivity index (χ0v) is 5.76. The van der Waals surface area contributed by atoms with Gasteiger partial charge >= 0.3 is 0 Å². The number of nitrogens with one attached hydrogen (secondary N) is 1. The number of rotatable bonds is 3. The number of aliphatic hydroxyl groups excluding tert-OH is 1. The Balaban J connectivity index is 1.91. The van der Waals surface area contributed by atoms with Gasteiger partial charge in [-0.2, -0.15) is 0 Å². The molecular formula is C7H11NO2. The Morgan fingerprint density at radius 2 is 2.10 bits per heavy atom. The van der Waals surface area contributed by atoms with Gasteiger partial charge in [-0.3, -0.25) is 4.79 Å². The van der Waals surface area contributed by atoms with E-state index in [1.54, 1.807) is 0 Å². The Bertz CT molecular complexity index is 159. The van der Waals surface area contributed by atoms with Crippen LogP contribution in [0.1, 0.15) is 19.3 Å². The van der Waals surface area contributed by atoms with Crippen LogP contribution in [0.25, 0.3) is 0 Å². The molecule has 0 heterocycles. The highest BCUT2D eigenvalue weighted by Gasteiger charge is 2.67. The Kier molecular flexibility index (Phi) is 0.944. The lowest BCUT2D eigenvalue weighted by Gasteiger charge is -2.69. The van der Waals surface area contributed by atoms with E-state index in [1.807, 2.05) is 0 Å². The molecule has 2 N–H and O–H groups in total. The van der Waals surface area contributed by atoms with Crippen molar-refractivity contribution in [2.24, 2.45) is 5.41 Å². The van der Waals surface area contributed by atoms with Crippen LogP contribution in [0.15, 0.2) is 0 Å². The van der Waals surface area contributed by atoms with Crippen molar-refractivity contribution in [2.45, 2.75) is 24.8 Å². The van der Waals surface area contributed by atoms with Gasteiger partial charge < -0.3 is 10.4 Å². The summed E-state index contributed by atoms with van der Waals surface area (Å²) in [7, 11) is 0. The van der Waals surface area contributed by atoms with Gasteiger partial charge in [-0.15, -0.1) is 0 Å². The molecule has 3 aliphatic rings. The number of carbonyl (C=O) groups is 1. The third-order valence-electron chi connectivity index (χ3n) is 2.84. The van der Waals surface area contributed by atoms with Crippen LogP contribution in [0.5, 0.6) is 0 Å². The molecule has 0 unspecified atom stereocenters. The Morgan fingerprint density at radius 3 is 2.50 bits per heavy atom. The average molecular weight is 141 g/mol. The number of amides is 1. The van der Waals surface area contributed by atoms with Gasteiger partial charge in [0.25, 0.3) is 0 Å². The SMILES string of the molecule is O=CNC12CC(CO)(C1)C2. The highest BCUT2D eigenvalue weighted by Crippen LogP contribution is 2.66. The van der Waals surface area contributed by atoms with Crippen LogP contribution in [0.4, 0.5) is 0 Å². The van der Waals surface area contributed by atoms with Gasteiger partial charge in [0, 0.05) is 17.6 Å². The van der Waals surface area contributed by atoms with E-state index in [1.165, 1.54) is 0 Å². The minimum atomic E-state index is 0.102. The fraction of sp³-hybridized carbons (Fsp3) is 0.857. The maximum atomic E-state index is 10.1. The molecular weight excluding hydrogens is 130 g/mol. The van der Waals surface area contributed by atoms with Gasteiger partial charge in [0.1, 0.15) is 0 Å². The monoisotopic (exact) mass is 141 g/mol. The first-order valence-corrected chi connectivity index (χ1v) is 3.57. The molecule has 3 nitrogen and oxygen atoms in total. The van der Waals surface area contributed by atoms with E-state index in [0.717, 1.165) is 25.7 Å². The molecule has 56 valence electrons. The van der Waals surface area contributed by atoms with Crippen LogP contribution >= 0.6 is 0 Å². The molecule has 0 spiro atoms. The lowest BCUT2D eigenvalue weighted by molar-refractivity contribution is -0.178. The number of hydrogen-bond acceptors (Lipinski definition) is 2. The van der Waals surface area contributed by atoms with Gasteiger partial charge in [0.2, 0.25) is 6.41 Å². The van der Waals surface area contributed by atoms with Crippen molar-refractivity contribution in [2.75, 3.05) is 6.61 Å². The number of carbonyl (C=O) groups excluding carboxylic acids is 1. The second-order valence-corrected chi connectivity index (χ2v) is 3.73. The smallest absolute Gasteiger partial charge is 0.207 e. The lowest BCUT2D eigenvalue weighted by atomic mass is 9.40. The van der Waals surface area contributed by atoms with Crippen molar-refractivity contribution < 1.29 is 9.90 Å². The van der Waals surface area contributed by atoms with E-state index in [2.05, 4.69) is 5.32 Å². The van der Waals surface area contributed by atoms with E-state index in [9.17, 15) is 4.79 Å². The molecule has 3 rings (SSSR count). The summed E-state index contributed by atoms with van der Waals surface area (Å²) >= 11 is 0. The molecule has 3 heteroatoms. The Morgan fingerprint density at radius 1 is 1.50 bits per heavy atom. The molecule has 0 aliphatic heterocycles. The second-order valence-electron chi connectivity index (χ2n) is 3.73. The molecule has 0 aromatic rings. The van der Waals surface area contributed by atoms with Crippen molar-refractivity contribution >= 4 is 6.41 Å². The molecule has 0 aromatic heterocycles. The summed E-state index contributed by atoms with van der Waals surface area (Å²) in [5.41, 5.74) is 0.306. The summed E-state index contributed by atoms with van der Waals surface area (Å²) in [6.45, 7) is 0.287. The molecule has 2 bridgehead atoms. The summed E-state index contributed by atoms with van der Waals surface area (Å²) in [4.78, 5) is 10.1. The fourth-order valence-electron chi connectivity index (χ4n) is 2.44. The predicted molar refractivity (Wildman–Crippen MR) is 35.3 cm³/mol. The van der Waals surface area contributed by atoms with Gasteiger partial charge in [-0.25, -0.2) is 0 Å². The standard InChI is InChI=1S/C7H11NO2/c9-4-6-1-7(2-6,3-6)8-5-10/h5,9H,1-4H2,(H,8,10). The quantitative estimate of drug-likeness (QED) is 0.528. The maximum Gasteiger partial charge on any atom is 0.207 e. The zero-order valence-electron chi connectivity index (χ0n) is 5.76. The van der Waals surface area contributed by atoms with Crippen molar-refractivity contribution in [3.8, 4) is 0 Å². The highest BCUT2D eigenvalue weighted by molar-refractivity contribution is 5.50. The van der Waals surface area contributed by atoms with E-state index in [4.69, 9.17) is 5.11 Å². The molecule has 1 amide bonds. The van der Waals surface area contributed by atoms with Crippen molar-refractivity contribution in [1.82, 2.24) is 5.32 Å². The molecule has 0 aromatic carbocycles. The summed E-state index contributed by atoms with van der Waals surface area (Å²) < 4.78 is 0. The average Bonchev–Trinajstić information content (AvgIpc) is 1.74. The van der Waals surface area contributed by atoms with Crippen molar-refractivity contribution in [3.05, 3.63) is 0 Å². The normalized spacial score (nSPS) is 48.9. The number of aliphatic hydroxyl groups is 1. The third kappa shape index (κ3) is 0.515. The topological polar surface area (TPSA) is 49.3 Å². The van der Waals surface area contributed by atoms with Gasteiger partial charge in [-0.05, 0) is 19.3 Å². The van der Waals surface area contributed by atoms with E-state index in [-0.39, 0.29) is 17.6 Å². The first kappa shape index (κ1) is 6.16. The third-order valence-corrected chi connectivity index (χ3v) is 2.84. The van der Waals surface area contributed by atoms with Gasteiger partial charge in [-0.1, -0.05) is 0 Å². The molecule has 10 heavy (non-hydrogen) atoms. The Hall–Kier alpha value is -0.570. The largest absolute Gasteiger partial charge is 0.396 e. The Labute approximate surface area is 59.4 Å². The minimum absolute atomic E-state index is 0.102. The van der Waals surface area contributed by atoms with Crippen molar-refractivity contribution in [3.63, 3.8) is 0 Å². The molecule has 3 fully saturated rings. The van der Waals surface area contributed by atoms with E-state index >= 15 is 0 Å². The molecule has 0 saturated heterocycles. The highest BCUT2D eigenvalue weighted by atomic mass is 16.3. The number of hydrogen-bond donors (Lipinski definition) is 2. The second kappa shape index (κ2) is 1.53. The maximum absolute atomic E-state index is 10.1. The van der Waals surface area contributed by atoms with Gasteiger partial charge in [0.05, 0.1) is 0 Å². The predicted octanol–water partition coefficient (Wildman–Crippen LogP) is -0.353. The fourth-order valence-corrected chi connectivity index (χ4v) is 2.44. The van der Waals surface area contributed by atoms with Crippen LogP contribution < -0.4 is 5.32 Å². The first-order chi connectivity index (χ1) is 4.74. The van der Waals surface area contributed by atoms with Crippen LogP contribution in [0.3, 0.4) is 0 Å². The van der Waals surface area contributed by atoms with Crippen LogP contribution in [-0.4, -0.2) is 23.7 Å². The zero-order chi connectivity index (χ0) is 7.24. The molecule has 0 atom stereocenters. The van der Waals surface area contributed by atoms with Crippen LogP contribution in [-0.2, 0) is 4.79 Å². The van der Waals surface area contributed by atoms with Crippen LogP contribution in [0.2, 0.25) is 0 Å². The van der Waals surface area contributed by atoms with E-state index in [0.29, 0.717) is 0 Å². The molecule has 0 radical (unpaired) electrons. The van der Waals surface area contributed by atoms with Gasteiger partial charge in [0.15, 0.2) is 0 Å². The summed E-state index contributed by atoms with van der Waals surface area (Å²) in [5, 5.41) is 11.6. The summed E-state index contributed by atoms with van der Waals surface area (Å²) in [6, 6.07) is 0. The van der Waals surface area contributed by atoms with Crippen LogP contribution in [0, 0.1) is 5.41 Å². The van der Waals surface area contributed by atoms with Crippen molar-refractivity contribution in [1.29, 1.82) is 0 Å². The molecule has 3 aliphatic carbocycles. The minimum Gasteiger partial charge on any atom is -0.396 e. The summed E-state index contributed by atoms with van der Waals surface area (Å²) in [5.74, 6) is 0. The summed E-state index contributed by atoms with van der Waals surface area (Å²) in [6.07, 6.45) is 3.71. The van der Waals surface area contributed by atoms with E-state index < -0.39 is 0 Å². The lowest BCUT2D eigenvalue weighted by Crippen LogP contribution is -2.74.